The lowest BCUT2D eigenvalue weighted by atomic mass is 10.2. The summed E-state index contributed by atoms with van der Waals surface area (Å²) in [7, 11) is 0. The van der Waals surface area contributed by atoms with E-state index in [0.717, 1.165) is 18.4 Å². The fourth-order valence-corrected chi connectivity index (χ4v) is 2.43. The molecule has 0 aromatic heterocycles. The van der Waals surface area contributed by atoms with E-state index in [9.17, 15) is 4.79 Å². The number of ether oxygens (including phenoxy) is 2. The molecule has 1 fully saturated rings. The summed E-state index contributed by atoms with van der Waals surface area (Å²) in [6.45, 7) is 2.09. The van der Waals surface area contributed by atoms with Crippen molar-refractivity contribution in [3.8, 4) is 0 Å². The minimum absolute atomic E-state index is 0.248. The lowest BCUT2D eigenvalue weighted by molar-refractivity contribution is -0.151. The third-order valence-electron chi connectivity index (χ3n) is 3.71. The van der Waals surface area contributed by atoms with E-state index >= 15 is 0 Å². The maximum Gasteiger partial charge on any atom is 0.325 e. The van der Waals surface area contributed by atoms with Crippen LogP contribution in [0.5, 0.6) is 0 Å². The van der Waals surface area contributed by atoms with Crippen LogP contribution < -0.4 is 5.73 Å². The van der Waals surface area contributed by atoms with Crippen LogP contribution in [0.1, 0.15) is 38.2 Å². The molecule has 20 heavy (non-hydrogen) atoms. The minimum atomic E-state index is -0.723. The Bertz CT molecular complexity index is 415. The van der Waals surface area contributed by atoms with Crippen molar-refractivity contribution in [3.05, 3.63) is 35.9 Å². The van der Waals surface area contributed by atoms with Gasteiger partial charge in [-0.2, -0.15) is 0 Å². The number of carbonyl (C=O) groups excluding carboxylic acids is 1. The normalized spacial score (nSPS) is 18.7. The van der Waals surface area contributed by atoms with E-state index in [-0.39, 0.29) is 18.8 Å². The molecule has 110 valence electrons. The van der Waals surface area contributed by atoms with E-state index in [0.29, 0.717) is 0 Å². The van der Waals surface area contributed by atoms with E-state index in [1.807, 2.05) is 37.3 Å². The van der Waals surface area contributed by atoms with Crippen molar-refractivity contribution in [3.63, 3.8) is 0 Å². The molecule has 4 heteroatoms. The molecule has 2 N–H and O–H groups in total. The third kappa shape index (κ3) is 4.32. The lowest BCUT2D eigenvalue weighted by Crippen LogP contribution is -2.44. The van der Waals surface area contributed by atoms with Crippen molar-refractivity contribution in [1.29, 1.82) is 0 Å². The molecule has 4 nitrogen and oxygen atoms in total. The first-order valence-electron chi connectivity index (χ1n) is 7.28. The summed E-state index contributed by atoms with van der Waals surface area (Å²) >= 11 is 0. The highest BCUT2D eigenvalue weighted by Crippen LogP contribution is 2.22. The summed E-state index contributed by atoms with van der Waals surface area (Å²) < 4.78 is 11.1. The standard InChI is InChI=1S/C16H23NO3/c1-12(20-14-9-5-6-10-14)15(17)16(18)19-11-13-7-3-2-4-8-13/h2-4,7-8,12,14-15H,5-6,9-11,17H2,1H3/t12-,15-/m1/s1. The van der Waals surface area contributed by atoms with Crippen LogP contribution in [0, 0.1) is 0 Å². The van der Waals surface area contributed by atoms with Gasteiger partial charge in [0, 0.05) is 0 Å². The van der Waals surface area contributed by atoms with Gasteiger partial charge in [-0.1, -0.05) is 43.2 Å². The molecule has 0 unspecified atom stereocenters. The molecule has 2 atom stereocenters. The van der Waals surface area contributed by atoms with E-state index in [2.05, 4.69) is 0 Å². The quantitative estimate of drug-likeness (QED) is 0.811. The van der Waals surface area contributed by atoms with Gasteiger partial charge < -0.3 is 15.2 Å². The summed E-state index contributed by atoms with van der Waals surface area (Å²) in [5.41, 5.74) is 6.86. The molecule has 1 aromatic rings. The van der Waals surface area contributed by atoms with Gasteiger partial charge >= 0.3 is 5.97 Å². The summed E-state index contributed by atoms with van der Waals surface area (Å²) in [5, 5.41) is 0. The average molecular weight is 277 g/mol. The van der Waals surface area contributed by atoms with Crippen LogP contribution in [0.2, 0.25) is 0 Å². The predicted octanol–water partition coefficient (Wildman–Crippen LogP) is 2.40. The van der Waals surface area contributed by atoms with Crippen LogP contribution in [0.4, 0.5) is 0 Å². The van der Waals surface area contributed by atoms with Gasteiger partial charge in [-0.25, -0.2) is 0 Å². The fraction of sp³-hybridized carbons (Fsp3) is 0.562. The Labute approximate surface area is 120 Å². The Hall–Kier alpha value is -1.39. The van der Waals surface area contributed by atoms with Crippen LogP contribution in [-0.4, -0.2) is 24.2 Å². The van der Waals surface area contributed by atoms with E-state index in [4.69, 9.17) is 15.2 Å². The molecule has 0 radical (unpaired) electrons. The van der Waals surface area contributed by atoms with Crippen molar-refractivity contribution >= 4 is 5.97 Å². The summed E-state index contributed by atoms with van der Waals surface area (Å²) in [6.07, 6.45) is 4.47. The zero-order valence-corrected chi connectivity index (χ0v) is 12.0. The topological polar surface area (TPSA) is 61.5 Å². The first-order valence-corrected chi connectivity index (χ1v) is 7.28. The molecule has 0 spiro atoms. The molecule has 0 saturated heterocycles. The molecule has 0 bridgehead atoms. The minimum Gasteiger partial charge on any atom is -0.460 e. The van der Waals surface area contributed by atoms with Crippen LogP contribution in [0.25, 0.3) is 0 Å². The highest BCUT2D eigenvalue weighted by Gasteiger charge is 2.27. The number of benzene rings is 1. The lowest BCUT2D eigenvalue weighted by Gasteiger charge is -2.22. The number of esters is 1. The Kier molecular flexibility index (Phi) is 5.56. The van der Waals surface area contributed by atoms with E-state index < -0.39 is 12.0 Å². The van der Waals surface area contributed by atoms with Crippen LogP contribution >= 0.6 is 0 Å². The van der Waals surface area contributed by atoms with Crippen molar-refractivity contribution in [2.45, 2.75) is 57.5 Å². The first kappa shape index (κ1) is 15.0. The van der Waals surface area contributed by atoms with Gasteiger partial charge in [0.2, 0.25) is 0 Å². The second-order valence-electron chi connectivity index (χ2n) is 5.37. The van der Waals surface area contributed by atoms with Gasteiger partial charge in [0.1, 0.15) is 12.6 Å². The predicted molar refractivity (Wildman–Crippen MR) is 77.0 cm³/mol. The van der Waals surface area contributed by atoms with Crippen molar-refractivity contribution < 1.29 is 14.3 Å². The van der Waals surface area contributed by atoms with Gasteiger partial charge in [-0.3, -0.25) is 4.79 Å². The van der Waals surface area contributed by atoms with Gasteiger partial charge in [-0.15, -0.1) is 0 Å². The van der Waals surface area contributed by atoms with Crippen molar-refractivity contribution in [2.75, 3.05) is 0 Å². The number of rotatable bonds is 6. The molecule has 0 aliphatic heterocycles. The second-order valence-corrected chi connectivity index (χ2v) is 5.37. The van der Waals surface area contributed by atoms with Crippen LogP contribution in [-0.2, 0) is 20.9 Å². The van der Waals surface area contributed by atoms with Gasteiger partial charge in [0.25, 0.3) is 0 Å². The highest BCUT2D eigenvalue weighted by atomic mass is 16.5. The number of hydrogen-bond donors (Lipinski definition) is 1. The zero-order chi connectivity index (χ0) is 14.4. The Morgan fingerprint density at radius 3 is 2.60 bits per heavy atom. The Morgan fingerprint density at radius 2 is 1.95 bits per heavy atom. The smallest absolute Gasteiger partial charge is 0.325 e. The summed E-state index contributed by atoms with van der Waals surface area (Å²) in [5.74, 6) is -0.403. The maximum atomic E-state index is 11.9. The highest BCUT2D eigenvalue weighted by molar-refractivity contribution is 5.76. The second kappa shape index (κ2) is 7.41. The maximum absolute atomic E-state index is 11.9. The molecule has 1 saturated carbocycles. The molecule has 1 aliphatic carbocycles. The molecule has 1 aliphatic rings. The summed E-state index contributed by atoms with van der Waals surface area (Å²) in [6, 6.07) is 8.85. The fourth-order valence-electron chi connectivity index (χ4n) is 2.43. The number of hydrogen-bond acceptors (Lipinski definition) is 4. The monoisotopic (exact) mass is 277 g/mol. The summed E-state index contributed by atoms with van der Waals surface area (Å²) in [4.78, 5) is 11.9. The van der Waals surface area contributed by atoms with Gasteiger partial charge in [-0.05, 0) is 25.3 Å². The Balaban J connectivity index is 1.75. The van der Waals surface area contributed by atoms with Gasteiger partial charge in [0.05, 0.1) is 12.2 Å². The largest absolute Gasteiger partial charge is 0.460 e. The molecular weight excluding hydrogens is 254 g/mol. The third-order valence-corrected chi connectivity index (χ3v) is 3.71. The number of nitrogens with two attached hydrogens (primary N) is 1. The number of carbonyl (C=O) groups is 1. The van der Waals surface area contributed by atoms with E-state index in [1.165, 1.54) is 12.8 Å². The van der Waals surface area contributed by atoms with Crippen molar-refractivity contribution in [1.82, 2.24) is 0 Å². The van der Waals surface area contributed by atoms with Gasteiger partial charge in [0.15, 0.2) is 0 Å². The molecule has 2 rings (SSSR count). The zero-order valence-electron chi connectivity index (χ0n) is 12.0. The first-order chi connectivity index (χ1) is 9.66. The van der Waals surface area contributed by atoms with E-state index in [1.54, 1.807) is 0 Å². The molecule has 0 heterocycles. The van der Waals surface area contributed by atoms with Crippen LogP contribution in [0.3, 0.4) is 0 Å². The SMILES string of the molecule is C[C@@H](OC1CCCC1)[C@@H](N)C(=O)OCc1ccccc1. The Morgan fingerprint density at radius 1 is 1.30 bits per heavy atom. The van der Waals surface area contributed by atoms with Crippen molar-refractivity contribution in [2.24, 2.45) is 5.73 Å². The molecular formula is C16H23NO3. The molecule has 1 aromatic carbocycles. The average Bonchev–Trinajstić information content (AvgIpc) is 2.98. The van der Waals surface area contributed by atoms with Crippen LogP contribution in [0.15, 0.2) is 30.3 Å². The molecule has 0 amide bonds.